The largest absolute Gasteiger partial charge is 0.493 e. The second kappa shape index (κ2) is 6.84. The highest BCUT2D eigenvalue weighted by Crippen LogP contribution is 2.16. The number of ether oxygens (including phenoxy) is 1. The Morgan fingerprint density at radius 2 is 1.81 bits per heavy atom. The first-order valence-corrected chi connectivity index (χ1v) is 6.39. The van der Waals surface area contributed by atoms with E-state index in [9.17, 15) is 8.78 Å². The number of rotatable bonds is 6. The normalized spacial score (nSPS) is 12.5. The molecule has 0 spiro atoms. The summed E-state index contributed by atoms with van der Waals surface area (Å²) >= 11 is 3.37. The van der Waals surface area contributed by atoms with Gasteiger partial charge in [-0.3, -0.25) is 0 Å². The van der Waals surface area contributed by atoms with Gasteiger partial charge in [-0.15, -0.1) is 0 Å². The lowest BCUT2D eigenvalue weighted by Crippen LogP contribution is -2.05. The lowest BCUT2D eigenvalue weighted by atomic mass is 10.1. The summed E-state index contributed by atoms with van der Waals surface area (Å²) in [5.74, 6) is -0.423. The van der Waals surface area contributed by atoms with Crippen LogP contribution in [-0.2, 0) is 0 Å². The molecule has 1 aromatic carbocycles. The van der Waals surface area contributed by atoms with Gasteiger partial charge in [0.05, 0.1) is 6.61 Å². The van der Waals surface area contributed by atoms with Crippen molar-refractivity contribution in [1.29, 1.82) is 0 Å². The molecular formula is C12H15BrF2O. The van der Waals surface area contributed by atoms with E-state index in [0.29, 0.717) is 12.5 Å². The second-order valence-electron chi connectivity index (χ2n) is 3.83. The zero-order valence-electron chi connectivity index (χ0n) is 9.18. The lowest BCUT2D eigenvalue weighted by molar-refractivity contribution is 0.280. The Bertz CT molecular complexity index is 311. The van der Waals surface area contributed by atoms with E-state index in [1.807, 2.05) is 0 Å². The molecule has 0 aliphatic rings. The fraction of sp³-hybridized carbons (Fsp3) is 0.500. The maximum Gasteiger partial charge on any atom is 0.129 e. The van der Waals surface area contributed by atoms with E-state index in [1.54, 1.807) is 0 Å². The van der Waals surface area contributed by atoms with Crippen LogP contribution < -0.4 is 4.74 Å². The molecule has 0 aliphatic heterocycles. The third-order valence-electron chi connectivity index (χ3n) is 2.32. The van der Waals surface area contributed by atoms with Crippen LogP contribution in [0, 0.1) is 17.6 Å². The van der Waals surface area contributed by atoms with E-state index in [4.69, 9.17) is 4.74 Å². The van der Waals surface area contributed by atoms with Gasteiger partial charge in [0.1, 0.15) is 17.4 Å². The molecule has 0 bridgehead atoms. The monoisotopic (exact) mass is 292 g/mol. The average Bonchev–Trinajstić information content (AvgIpc) is 2.16. The van der Waals surface area contributed by atoms with Gasteiger partial charge in [0.25, 0.3) is 0 Å². The highest BCUT2D eigenvalue weighted by Gasteiger charge is 2.04. The molecule has 0 heterocycles. The summed E-state index contributed by atoms with van der Waals surface area (Å²) in [6.07, 6.45) is 1.95. The number of hydrogen-bond acceptors (Lipinski definition) is 1. The molecule has 1 aromatic rings. The van der Waals surface area contributed by atoms with Gasteiger partial charge in [-0.25, -0.2) is 8.78 Å². The fourth-order valence-electron chi connectivity index (χ4n) is 1.32. The molecule has 1 nitrogen and oxygen atoms in total. The number of benzene rings is 1. The van der Waals surface area contributed by atoms with Crippen molar-refractivity contribution in [2.75, 3.05) is 11.9 Å². The average molecular weight is 293 g/mol. The van der Waals surface area contributed by atoms with E-state index in [-0.39, 0.29) is 5.75 Å². The highest BCUT2D eigenvalue weighted by atomic mass is 79.9. The molecule has 0 saturated heterocycles. The summed E-state index contributed by atoms with van der Waals surface area (Å²) in [5, 5.41) is 0.961. The van der Waals surface area contributed by atoms with E-state index in [0.717, 1.165) is 24.2 Å². The Morgan fingerprint density at radius 3 is 2.38 bits per heavy atom. The van der Waals surface area contributed by atoms with Gasteiger partial charge in [0.15, 0.2) is 0 Å². The molecule has 0 amide bonds. The van der Waals surface area contributed by atoms with Crippen molar-refractivity contribution in [2.45, 2.75) is 19.8 Å². The van der Waals surface area contributed by atoms with Crippen LogP contribution in [0.4, 0.5) is 8.78 Å². The highest BCUT2D eigenvalue weighted by molar-refractivity contribution is 9.09. The predicted molar refractivity (Wildman–Crippen MR) is 64.0 cm³/mol. The van der Waals surface area contributed by atoms with Crippen LogP contribution in [0.5, 0.6) is 5.75 Å². The number of alkyl halides is 1. The minimum Gasteiger partial charge on any atom is -0.493 e. The van der Waals surface area contributed by atoms with E-state index in [1.165, 1.54) is 12.1 Å². The van der Waals surface area contributed by atoms with Crippen molar-refractivity contribution >= 4 is 15.9 Å². The van der Waals surface area contributed by atoms with E-state index >= 15 is 0 Å². The third kappa shape index (κ3) is 4.92. The summed E-state index contributed by atoms with van der Waals surface area (Å²) in [6.45, 7) is 2.60. The standard InChI is InChI=1S/C12H15BrF2O/c1-9(2-4-13)3-5-16-12-7-10(14)6-11(15)8-12/h6-9H,2-5H2,1H3. The van der Waals surface area contributed by atoms with E-state index in [2.05, 4.69) is 22.9 Å². The molecule has 0 aromatic heterocycles. The van der Waals surface area contributed by atoms with Gasteiger partial charge in [0.2, 0.25) is 0 Å². The van der Waals surface area contributed by atoms with Crippen molar-refractivity contribution in [3.63, 3.8) is 0 Å². The number of hydrogen-bond donors (Lipinski definition) is 0. The molecule has 4 heteroatoms. The van der Waals surface area contributed by atoms with Crippen molar-refractivity contribution < 1.29 is 13.5 Å². The molecule has 0 N–H and O–H groups in total. The number of halogens is 3. The van der Waals surface area contributed by atoms with Crippen LogP contribution >= 0.6 is 15.9 Å². The Hall–Kier alpha value is -0.640. The van der Waals surface area contributed by atoms with Gasteiger partial charge in [-0.1, -0.05) is 22.9 Å². The Morgan fingerprint density at radius 1 is 1.19 bits per heavy atom. The Kier molecular flexibility index (Phi) is 5.74. The van der Waals surface area contributed by atoms with Gasteiger partial charge < -0.3 is 4.74 Å². The van der Waals surface area contributed by atoms with Crippen LogP contribution in [0.15, 0.2) is 18.2 Å². The third-order valence-corrected chi connectivity index (χ3v) is 2.78. The van der Waals surface area contributed by atoms with Crippen LogP contribution in [0.25, 0.3) is 0 Å². The summed E-state index contributed by atoms with van der Waals surface area (Å²) < 4.78 is 30.9. The van der Waals surface area contributed by atoms with Crippen molar-refractivity contribution in [3.05, 3.63) is 29.8 Å². The summed E-state index contributed by atoms with van der Waals surface area (Å²) in [5.41, 5.74) is 0. The first kappa shape index (κ1) is 13.4. The molecule has 90 valence electrons. The Balaban J connectivity index is 2.37. The SMILES string of the molecule is CC(CCBr)CCOc1cc(F)cc(F)c1. The van der Waals surface area contributed by atoms with Crippen molar-refractivity contribution in [2.24, 2.45) is 5.92 Å². The minimum atomic E-state index is -0.608. The topological polar surface area (TPSA) is 9.23 Å². The maximum atomic E-state index is 12.8. The lowest BCUT2D eigenvalue weighted by Gasteiger charge is -2.10. The van der Waals surface area contributed by atoms with Gasteiger partial charge in [0, 0.05) is 23.5 Å². The van der Waals surface area contributed by atoms with E-state index < -0.39 is 11.6 Å². The molecule has 1 unspecified atom stereocenters. The van der Waals surface area contributed by atoms with Gasteiger partial charge in [-0.2, -0.15) is 0 Å². The van der Waals surface area contributed by atoms with Crippen LogP contribution in [-0.4, -0.2) is 11.9 Å². The maximum absolute atomic E-state index is 12.8. The summed E-state index contributed by atoms with van der Waals surface area (Å²) in [7, 11) is 0. The summed E-state index contributed by atoms with van der Waals surface area (Å²) in [6, 6.07) is 3.22. The zero-order chi connectivity index (χ0) is 12.0. The van der Waals surface area contributed by atoms with Crippen molar-refractivity contribution in [1.82, 2.24) is 0 Å². The molecule has 16 heavy (non-hydrogen) atoms. The molecule has 0 aliphatic carbocycles. The van der Waals surface area contributed by atoms with Crippen molar-refractivity contribution in [3.8, 4) is 5.75 Å². The molecular weight excluding hydrogens is 278 g/mol. The second-order valence-corrected chi connectivity index (χ2v) is 4.62. The molecule has 1 atom stereocenters. The Labute approximate surface area is 103 Å². The molecule has 0 radical (unpaired) electrons. The van der Waals surface area contributed by atoms with Gasteiger partial charge in [-0.05, 0) is 18.8 Å². The zero-order valence-corrected chi connectivity index (χ0v) is 10.8. The first-order valence-electron chi connectivity index (χ1n) is 5.26. The van der Waals surface area contributed by atoms with Gasteiger partial charge >= 0.3 is 0 Å². The van der Waals surface area contributed by atoms with Crippen LogP contribution in [0.1, 0.15) is 19.8 Å². The fourth-order valence-corrected chi connectivity index (χ4v) is 2.10. The molecule has 0 saturated carbocycles. The quantitative estimate of drug-likeness (QED) is 0.716. The smallest absolute Gasteiger partial charge is 0.129 e. The minimum absolute atomic E-state index is 0.253. The molecule has 0 fully saturated rings. The first-order chi connectivity index (χ1) is 7.61. The molecule has 1 rings (SSSR count). The van der Waals surface area contributed by atoms with Crippen LogP contribution in [0.2, 0.25) is 0 Å². The predicted octanol–water partition coefficient (Wildman–Crippen LogP) is 4.15. The summed E-state index contributed by atoms with van der Waals surface area (Å²) in [4.78, 5) is 0. The van der Waals surface area contributed by atoms with Crippen LogP contribution in [0.3, 0.4) is 0 Å².